The number of carbonyl (C=O) groups excluding carboxylic acids is 2. The molecule has 0 aliphatic rings. The number of carbonyl (C=O) groups is 2. The maximum atomic E-state index is 12.2. The fourth-order valence-corrected chi connectivity index (χ4v) is 1.98. The molecule has 0 saturated carbocycles. The van der Waals surface area contributed by atoms with Crippen molar-refractivity contribution in [1.29, 1.82) is 0 Å². The second-order valence-corrected chi connectivity index (χ2v) is 5.09. The molecule has 1 rings (SSSR count). The third kappa shape index (κ3) is 5.36. The van der Waals surface area contributed by atoms with Gasteiger partial charge in [-0.2, -0.15) is 0 Å². The normalized spacial score (nSPS) is 12.7. The lowest BCUT2D eigenvalue weighted by Gasteiger charge is -2.22. The van der Waals surface area contributed by atoms with Gasteiger partial charge in [0.05, 0.1) is 21.3 Å². The molecule has 7 nitrogen and oxygen atoms in total. The Hall–Kier alpha value is -2.44. The van der Waals surface area contributed by atoms with E-state index in [4.69, 9.17) is 14.2 Å². The lowest BCUT2D eigenvalue weighted by atomic mass is 9.99. The van der Waals surface area contributed by atoms with Gasteiger partial charge < -0.3 is 24.8 Å². The molecule has 0 bridgehead atoms. The number of anilines is 1. The highest BCUT2D eigenvalue weighted by atomic mass is 16.5. The van der Waals surface area contributed by atoms with Crippen molar-refractivity contribution in [3.8, 4) is 11.5 Å². The van der Waals surface area contributed by atoms with Gasteiger partial charge in [-0.3, -0.25) is 0 Å². The van der Waals surface area contributed by atoms with Crippen molar-refractivity contribution >= 4 is 17.7 Å². The number of benzene rings is 1. The number of hydrogen-bond donors (Lipinski definition) is 2. The molecular weight excluding hydrogens is 300 g/mol. The van der Waals surface area contributed by atoms with Gasteiger partial charge in [0.25, 0.3) is 0 Å². The average molecular weight is 324 g/mol. The Bertz CT molecular complexity index is 525. The SMILES string of the molecule is CC[C@H](C)[C@H](NC(=O)Nc1cc(OC)cc(OC)c1)C(=O)OC. The first-order chi connectivity index (χ1) is 10.9. The second kappa shape index (κ2) is 8.87. The summed E-state index contributed by atoms with van der Waals surface area (Å²) in [5.41, 5.74) is 0.492. The van der Waals surface area contributed by atoms with E-state index in [9.17, 15) is 9.59 Å². The summed E-state index contributed by atoms with van der Waals surface area (Å²) in [6, 6.07) is 3.78. The zero-order valence-corrected chi connectivity index (χ0v) is 14.1. The molecule has 0 aliphatic heterocycles. The van der Waals surface area contributed by atoms with Crippen molar-refractivity contribution in [1.82, 2.24) is 5.32 Å². The fourth-order valence-electron chi connectivity index (χ4n) is 1.98. The Morgan fingerprint density at radius 2 is 1.65 bits per heavy atom. The van der Waals surface area contributed by atoms with Crippen LogP contribution in [0.2, 0.25) is 0 Å². The van der Waals surface area contributed by atoms with E-state index in [1.165, 1.54) is 21.3 Å². The Labute approximate surface area is 136 Å². The Morgan fingerprint density at radius 1 is 1.09 bits per heavy atom. The van der Waals surface area contributed by atoms with E-state index >= 15 is 0 Å². The van der Waals surface area contributed by atoms with Crippen molar-refractivity contribution in [2.45, 2.75) is 26.3 Å². The van der Waals surface area contributed by atoms with Crippen molar-refractivity contribution in [3.05, 3.63) is 18.2 Å². The topological polar surface area (TPSA) is 85.9 Å². The number of ether oxygens (including phenoxy) is 3. The molecule has 0 aliphatic carbocycles. The van der Waals surface area contributed by atoms with Crippen LogP contribution in [0.4, 0.5) is 10.5 Å². The highest BCUT2D eigenvalue weighted by Gasteiger charge is 2.26. The molecule has 1 aromatic carbocycles. The summed E-state index contributed by atoms with van der Waals surface area (Å²) in [6.45, 7) is 3.81. The first-order valence-corrected chi connectivity index (χ1v) is 7.33. The van der Waals surface area contributed by atoms with Crippen LogP contribution in [0.3, 0.4) is 0 Å². The molecule has 0 unspecified atom stereocenters. The maximum Gasteiger partial charge on any atom is 0.328 e. The van der Waals surface area contributed by atoms with Crippen molar-refractivity contribution in [2.75, 3.05) is 26.6 Å². The van der Waals surface area contributed by atoms with Crippen LogP contribution in [0.25, 0.3) is 0 Å². The van der Waals surface area contributed by atoms with E-state index in [1.807, 2.05) is 13.8 Å². The minimum Gasteiger partial charge on any atom is -0.497 e. The first-order valence-electron chi connectivity index (χ1n) is 7.33. The number of urea groups is 1. The lowest BCUT2D eigenvalue weighted by molar-refractivity contribution is -0.144. The highest BCUT2D eigenvalue weighted by Crippen LogP contribution is 2.25. The largest absolute Gasteiger partial charge is 0.497 e. The molecule has 0 radical (unpaired) electrons. The minimum atomic E-state index is -0.711. The third-order valence-electron chi connectivity index (χ3n) is 3.56. The van der Waals surface area contributed by atoms with Gasteiger partial charge in [-0.1, -0.05) is 20.3 Å². The van der Waals surface area contributed by atoms with Gasteiger partial charge in [-0.25, -0.2) is 9.59 Å². The molecule has 2 N–H and O–H groups in total. The molecule has 128 valence electrons. The van der Waals surface area contributed by atoms with Crippen molar-refractivity contribution < 1.29 is 23.8 Å². The average Bonchev–Trinajstić information content (AvgIpc) is 2.57. The van der Waals surface area contributed by atoms with Gasteiger partial charge in [0, 0.05) is 23.9 Å². The smallest absolute Gasteiger partial charge is 0.328 e. The second-order valence-electron chi connectivity index (χ2n) is 5.09. The molecule has 0 spiro atoms. The predicted octanol–water partition coefficient (Wildman–Crippen LogP) is 2.41. The zero-order chi connectivity index (χ0) is 17.4. The molecule has 0 saturated heterocycles. The molecule has 23 heavy (non-hydrogen) atoms. The van der Waals surface area contributed by atoms with Crippen LogP contribution in [0.1, 0.15) is 20.3 Å². The quantitative estimate of drug-likeness (QED) is 0.752. The molecule has 0 aromatic heterocycles. The van der Waals surface area contributed by atoms with Crippen LogP contribution in [0, 0.1) is 5.92 Å². The summed E-state index contributed by atoms with van der Waals surface area (Å²) in [5, 5.41) is 5.30. The molecule has 2 amide bonds. The Balaban J connectivity index is 2.83. The van der Waals surface area contributed by atoms with E-state index in [0.29, 0.717) is 17.2 Å². The van der Waals surface area contributed by atoms with Crippen LogP contribution in [-0.2, 0) is 9.53 Å². The monoisotopic (exact) mass is 324 g/mol. The van der Waals surface area contributed by atoms with Crippen LogP contribution in [0.5, 0.6) is 11.5 Å². The maximum absolute atomic E-state index is 12.2. The van der Waals surface area contributed by atoms with Gasteiger partial charge in [-0.15, -0.1) is 0 Å². The van der Waals surface area contributed by atoms with Crippen molar-refractivity contribution in [2.24, 2.45) is 5.92 Å². The fraction of sp³-hybridized carbons (Fsp3) is 0.500. The van der Waals surface area contributed by atoms with Gasteiger partial charge in [-0.05, 0) is 5.92 Å². The zero-order valence-electron chi connectivity index (χ0n) is 14.1. The summed E-state index contributed by atoms with van der Waals surface area (Å²) in [5.74, 6) is 0.572. The Morgan fingerprint density at radius 3 is 2.09 bits per heavy atom. The molecule has 0 heterocycles. The van der Waals surface area contributed by atoms with Crippen LogP contribution < -0.4 is 20.1 Å². The van der Waals surface area contributed by atoms with Gasteiger partial charge in [0.2, 0.25) is 0 Å². The van der Waals surface area contributed by atoms with Crippen LogP contribution >= 0.6 is 0 Å². The van der Waals surface area contributed by atoms with Gasteiger partial charge >= 0.3 is 12.0 Å². The molecule has 2 atom stereocenters. The van der Waals surface area contributed by atoms with E-state index in [-0.39, 0.29) is 5.92 Å². The first kappa shape index (κ1) is 18.6. The summed E-state index contributed by atoms with van der Waals surface area (Å²) >= 11 is 0. The van der Waals surface area contributed by atoms with Crippen LogP contribution in [-0.4, -0.2) is 39.4 Å². The van der Waals surface area contributed by atoms with Gasteiger partial charge in [0.15, 0.2) is 0 Å². The van der Waals surface area contributed by atoms with Crippen molar-refractivity contribution in [3.63, 3.8) is 0 Å². The van der Waals surface area contributed by atoms with E-state index in [0.717, 1.165) is 6.42 Å². The number of rotatable bonds is 7. The summed E-state index contributed by atoms with van der Waals surface area (Å²) in [4.78, 5) is 23.9. The number of nitrogens with one attached hydrogen (secondary N) is 2. The number of amides is 2. The van der Waals surface area contributed by atoms with Crippen LogP contribution in [0.15, 0.2) is 18.2 Å². The molecule has 0 fully saturated rings. The third-order valence-corrected chi connectivity index (χ3v) is 3.56. The molecular formula is C16H24N2O5. The predicted molar refractivity (Wildman–Crippen MR) is 87.0 cm³/mol. The van der Waals surface area contributed by atoms with E-state index < -0.39 is 18.0 Å². The Kier molecular flexibility index (Phi) is 7.18. The van der Waals surface area contributed by atoms with Gasteiger partial charge in [0.1, 0.15) is 17.5 Å². The molecule has 1 aromatic rings. The molecule has 7 heteroatoms. The number of esters is 1. The lowest BCUT2D eigenvalue weighted by Crippen LogP contribution is -2.47. The summed E-state index contributed by atoms with van der Waals surface area (Å²) in [7, 11) is 4.34. The number of methoxy groups -OCH3 is 3. The van der Waals surface area contributed by atoms with E-state index in [1.54, 1.807) is 18.2 Å². The highest BCUT2D eigenvalue weighted by molar-refractivity contribution is 5.93. The minimum absolute atomic E-state index is 0.0481. The standard InChI is InChI=1S/C16H24N2O5/c1-6-10(2)14(15(19)23-5)18-16(20)17-11-7-12(21-3)9-13(8-11)22-4/h7-10,14H,6H2,1-5H3,(H2,17,18,20)/t10-,14-/m0/s1. The number of hydrogen-bond acceptors (Lipinski definition) is 5. The summed E-state index contributed by atoms with van der Waals surface area (Å²) in [6.07, 6.45) is 0.729. The summed E-state index contributed by atoms with van der Waals surface area (Å²) < 4.78 is 15.0. The van der Waals surface area contributed by atoms with E-state index in [2.05, 4.69) is 10.6 Å².